The molecule has 1 heterocycles. The number of piperidine rings is 1. The van der Waals surface area contributed by atoms with E-state index in [2.05, 4.69) is 11.9 Å². The molecule has 0 aliphatic carbocycles. The lowest BCUT2D eigenvalue weighted by atomic mass is 9.91. The van der Waals surface area contributed by atoms with Gasteiger partial charge < -0.3 is 53.5 Å². The van der Waals surface area contributed by atoms with Crippen molar-refractivity contribution >= 4 is 54.0 Å². The quantitative estimate of drug-likeness (QED) is 0.0139. The van der Waals surface area contributed by atoms with E-state index in [-0.39, 0.29) is 52.1 Å². The molecule has 0 amide bonds. The number of nitrogens with zero attached hydrogens (tertiary/aromatic N) is 3. The number of aldehydes is 1. The molecule has 1 aliphatic rings. The zero-order valence-corrected chi connectivity index (χ0v) is 79.0. The first-order valence-electron chi connectivity index (χ1n) is 45.2. The standard InChI is InChI=1S/C32H39NO5.C32H37NO5.C32H37NO4.C11H19NO4.C2H6/c2*1-32(2,3)38-30(35)28(20-13-21-34)29(31(36)37-24-27-18-11-6-12-19-27)33(22-25-14-7-4-8-15-25)23-26-16-9-5-10-17-26;1-5-15-28(30(34)37-32(2,3)4)29(31(35)36-24-27-20-13-8-14-21-27)33(22-25-16-9-6-10-17-25)23-26-18-11-7-12-19-26;1-11(2,3)16-10(15)7-5-4-6-12-8(7)9(13)14;1-2/h4-12,14-19,28-29,34H,13,20-24H2,1-3H3;4-12,14-19,21,28-29H,13,20,22-24H2,1-3H3;5-14,16-21,28-29H,1,15,22-24H2,2-4H3;7-8,12H,4-6H2,1-3H3,(H,13,14);1-2H3/t2*28-,29-;28?,29-;7-,8-;/m0000./s1. The molecule has 22 nitrogen and oxygen atoms in total. The van der Waals surface area contributed by atoms with Crippen molar-refractivity contribution in [2.24, 2.45) is 23.7 Å². The van der Waals surface area contributed by atoms with Crippen molar-refractivity contribution in [2.75, 3.05) is 13.2 Å². The maximum absolute atomic E-state index is 13.9. The van der Waals surface area contributed by atoms with E-state index in [1.165, 1.54) is 0 Å². The zero-order chi connectivity index (χ0) is 95.8. The number of nitrogens with one attached hydrogen (secondary N) is 1. The number of aliphatic hydroxyl groups is 1. The highest BCUT2D eigenvalue weighted by Crippen LogP contribution is 2.32. The predicted molar refractivity (Wildman–Crippen MR) is 510 cm³/mol. The Labute approximate surface area is 776 Å². The van der Waals surface area contributed by atoms with Crippen LogP contribution < -0.4 is 5.32 Å². The second-order valence-corrected chi connectivity index (χ2v) is 35.8. The minimum absolute atomic E-state index is 0.0788. The van der Waals surface area contributed by atoms with Crippen molar-refractivity contribution in [3.05, 3.63) is 336 Å². The van der Waals surface area contributed by atoms with Gasteiger partial charge in [0.15, 0.2) is 0 Å². The number of hydrogen-bond acceptors (Lipinski definition) is 21. The minimum Gasteiger partial charge on any atom is -0.480 e. The van der Waals surface area contributed by atoms with Gasteiger partial charge in [-0.3, -0.25) is 53.1 Å². The average molecular weight is 1790 g/mol. The van der Waals surface area contributed by atoms with Gasteiger partial charge in [-0.05, 0) is 178 Å². The van der Waals surface area contributed by atoms with E-state index < -0.39 is 118 Å². The van der Waals surface area contributed by atoms with Crippen LogP contribution in [0.4, 0.5) is 0 Å². The van der Waals surface area contributed by atoms with E-state index >= 15 is 0 Å². The smallest absolute Gasteiger partial charge is 0.324 e. The molecule has 1 aliphatic heterocycles. The molecule has 0 aromatic heterocycles. The first kappa shape index (κ1) is 108. The molecular formula is C109H138N4O18. The summed E-state index contributed by atoms with van der Waals surface area (Å²) in [4.78, 5) is 122. The molecule has 9 aromatic carbocycles. The van der Waals surface area contributed by atoms with E-state index in [0.717, 1.165) is 62.8 Å². The second kappa shape index (κ2) is 56.5. The lowest BCUT2D eigenvalue weighted by Crippen LogP contribution is -2.50. The van der Waals surface area contributed by atoms with Gasteiger partial charge in [0.25, 0.3) is 0 Å². The molecule has 0 saturated carbocycles. The van der Waals surface area contributed by atoms with Crippen LogP contribution in [0.15, 0.2) is 286 Å². The topological polar surface area (TPSA) is 280 Å². The van der Waals surface area contributed by atoms with E-state index in [4.69, 9.17) is 38.3 Å². The summed E-state index contributed by atoms with van der Waals surface area (Å²) in [7, 11) is 0. The number of hydrogen-bond donors (Lipinski definition) is 3. The van der Waals surface area contributed by atoms with Crippen molar-refractivity contribution in [1.82, 2.24) is 20.0 Å². The van der Waals surface area contributed by atoms with Crippen molar-refractivity contribution in [1.29, 1.82) is 0 Å². The van der Waals surface area contributed by atoms with E-state index in [1.54, 1.807) is 47.6 Å². The fourth-order valence-electron chi connectivity index (χ4n) is 14.6. The van der Waals surface area contributed by atoms with Crippen molar-refractivity contribution in [3.63, 3.8) is 0 Å². The molecule has 0 bridgehead atoms. The Bertz CT molecular complexity index is 4690. The van der Waals surface area contributed by atoms with Gasteiger partial charge in [0.2, 0.25) is 0 Å². The Kier molecular flexibility index (Phi) is 46.5. The first-order chi connectivity index (χ1) is 62.6. The molecule has 1 fully saturated rings. The normalized spacial score (nSPS) is 14.5. The number of rotatable bonds is 40. The first-order valence-corrected chi connectivity index (χ1v) is 45.2. The lowest BCUT2D eigenvalue weighted by molar-refractivity contribution is -0.171. The lowest BCUT2D eigenvalue weighted by Gasteiger charge is -2.36. The Hall–Kier alpha value is -12.1. The third-order valence-corrected chi connectivity index (χ3v) is 20.3. The van der Waals surface area contributed by atoms with Crippen LogP contribution in [0.3, 0.4) is 0 Å². The summed E-state index contributed by atoms with van der Waals surface area (Å²) in [5.41, 5.74) is 5.90. The van der Waals surface area contributed by atoms with Gasteiger partial charge in [0, 0.05) is 52.3 Å². The maximum Gasteiger partial charge on any atom is 0.324 e. The Morgan fingerprint density at radius 3 is 0.878 bits per heavy atom. The SMILES string of the molecule is C=CCC(C(=O)OC(C)(C)C)[C@@H](C(=O)OCc1ccccc1)N(Cc1ccccc1)Cc1ccccc1.CC.CC(C)(C)OC(=O)[C@@H](CCC=O)[C@@H](C(=O)OCc1ccccc1)N(Cc1ccccc1)Cc1ccccc1.CC(C)(C)OC(=O)[C@@H](CCCO)[C@@H](C(=O)OCc1ccccc1)N(Cc1ccccc1)Cc1ccccc1.CC(C)(C)OC(=O)[C@H]1CCCN[C@@H]1C(=O)O. The molecule has 702 valence electrons. The summed E-state index contributed by atoms with van der Waals surface area (Å²) >= 11 is 0. The third-order valence-electron chi connectivity index (χ3n) is 20.3. The largest absolute Gasteiger partial charge is 0.480 e. The van der Waals surface area contributed by atoms with Crippen molar-refractivity contribution in [2.45, 2.75) is 248 Å². The number of esters is 7. The van der Waals surface area contributed by atoms with Crippen LogP contribution in [0.25, 0.3) is 0 Å². The molecule has 9 aromatic rings. The van der Waals surface area contributed by atoms with E-state index in [9.17, 15) is 48.3 Å². The summed E-state index contributed by atoms with van der Waals surface area (Å²) < 4.78 is 40.0. The number of ether oxygens (including phenoxy) is 7. The highest BCUT2D eigenvalue weighted by Gasteiger charge is 2.45. The molecule has 1 saturated heterocycles. The molecular weight excluding hydrogens is 1650 g/mol. The summed E-state index contributed by atoms with van der Waals surface area (Å²) in [6.45, 7) is 32.9. The number of aliphatic carboxylic acids is 1. The zero-order valence-electron chi connectivity index (χ0n) is 79.0. The molecule has 8 atom stereocenters. The summed E-state index contributed by atoms with van der Waals surface area (Å²) in [6, 6.07) is 84.0. The molecule has 0 radical (unpaired) electrons. The monoisotopic (exact) mass is 1790 g/mol. The fourth-order valence-corrected chi connectivity index (χ4v) is 14.6. The molecule has 0 spiro atoms. The Balaban J connectivity index is 0.000000276. The van der Waals surface area contributed by atoms with Gasteiger partial charge in [-0.1, -0.05) is 293 Å². The van der Waals surface area contributed by atoms with Crippen LogP contribution in [0, 0.1) is 23.7 Å². The number of carbonyl (C=O) groups is 9. The number of carboxylic acids is 1. The number of allylic oxidation sites excluding steroid dienone is 1. The van der Waals surface area contributed by atoms with Gasteiger partial charge >= 0.3 is 47.8 Å². The highest BCUT2D eigenvalue weighted by molar-refractivity contribution is 5.87. The van der Waals surface area contributed by atoms with Crippen LogP contribution in [-0.2, 0) is 135 Å². The van der Waals surface area contributed by atoms with Gasteiger partial charge in [-0.25, -0.2) is 0 Å². The van der Waals surface area contributed by atoms with E-state index in [1.807, 2.05) is 343 Å². The van der Waals surface area contributed by atoms with Crippen LogP contribution >= 0.6 is 0 Å². The summed E-state index contributed by atoms with van der Waals surface area (Å²) in [5.74, 6) is -7.41. The molecule has 10 rings (SSSR count). The Morgan fingerprint density at radius 1 is 0.382 bits per heavy atom. The maximum atomic E-state index is 13.9. The molecule has 1 unspecified atom stereocenters. The van der Waals surface area contributed by atoms with E-state index in [0.29, 0.717) is 58.7 Å². The van der Waals surface area contributed by atoms with Crippen LogP contribution in [0.1, 0.15) is 192 Å². The number of aliphatic hydroxyl groups excluding tert-OH is 1. The number of carboxylic acid groups (broad SMARTS) is 1. The summed E-state index contributed by atoms with van der Waals surface area (Å²) in [6.07, 6.45) is 5.01. The Morgan fingerprint density at radius 2 is 0.634 bits per heavy atom. The molecule has 3 N–H and O–H groups in total. The van der Waals surface area contributed by atoms with Gasteiger partial charge in [-0.15, -0.1) is 6.58 Å². The van der Waals surface area contributed by atoms with Crippen LogP contribution in [0.5, 0.6) is 0 Å². The van der Waals surface area contributed by atoms with Gasteiger partial charge in [-0.2, -0.15) is 0 Å². The van der Waals surface area contributed by atoms with Crippen molar-refractivity contribution in [3.8, 4) is 0 Å². The molecule has 22 heteroatoms. The van der Waals surface area contributed by atoms with Gasteiger partial charge in [0.1, 0.15) is 72.7 Å². The van der Waals surface area contributed by atoms with Crippen LogP contribution in [-0.4, -0.2) is 139 Å². The van der Waals surface area contributed by atoms with Crippen LogP contribution in [0.2, 0.25) is 0 Å². The predicted octanol–water partition coefficient (Wildman–Crippen LogP) is 19.4. The second-order valence-electron chi connectivity index (χ2n) is 35.8. The highest BCUT2D eigenvalue weighted by atomic mass is 16.6. The molecule has 131 heavy (non-hydrogen) atoms. The van der Waals surface area contributed by atoms with Gasteiger partial charge in [0.05, 0.1) is 23.7 Å². The number of carbonyl (C=O) groups excluding carboxylic acids is 8. The fraction of sp³-hybridized carbons (Fsp3) is 0.404. The summed E-state index contributed by atoms with van der Waals surface area (Å²) in [5, 5.41) is 21.4. The minimum atomic E-state index is -0.990. The number of benzene rings is 9. The average Bonchev–Trinajstić information content (AvgIpc) is 0.814. The van der Waals surface area contributed by atoms with Crippen molar-refractivity contribution < 1.29 is 86.5 Å². The third kappa shape index (κ3) is 40.9.